The molecule has 3 aliphatic heterocycles. The number of hydrogen-bond donors (Lipinski definition) is 0. The summed E-state index contributed by atoms with van der Waals surface area (Å²) in [5.41, 5.74) is 2.32. The lowest BCUT2D eigenvalue weighted by molar-refractivity contribution is -0.113. The highest BCUT2D eigenvalue weighted by Gasteiger charge is 2.28. The van der Waals surface area contributed by atoms with Crippen LogP contribution < -0.4 is 9.47 Å². The van der Waals surface area contributed by atoms with E-state index in [1.54, 1.807) is 0 Å². The molecular formula is C24H23N3O3S. The maximum absolute atomic E-state index is 12.3. The van der Waals surface area contributed by atoms with Gasteiger partial charge in [-0.05, 0) is 41.1 Å². The Morgan fingerprint density at radius 1 is 1.00 bits per heavy atom. The molecule has 5 rings (SSSR count). The summed E-state index contributed by atoms with van der Waals surface area (Å²) in [6, 6.07) is 16.2. The molecule has 0 N–H and O–H groups in total. The van der Waals surface area contributed by atoms with Crippen LogP contribution in [-0.2, 0) is 11.3 Å². The fraction of sp³-hybridized carbons (Fsp3) is 0.250. The van der Waals surface area contributed by atoms with E-state index in [-0.39, 0.29) is 5.91 Å². The first-order valence-electron chi connectivity index (χ1n) is 10.3. The molecule has 2 aromatic rings. The minimum Gasteiger partial charge on any atom is -0.454 e. The maximum atomic E-state index is 12.3. The first kappa shape index (κ1) is 19.9. The highest BCUT2D eigenvalue weighted by atomic mass is 32.2. The lowest BCUT2D eigenvalue weighted by atomic mass is 10.1. The second-order valence-corrected chi connectivity index (χ2v) is 8.56. The second-order valence-electron chi connectivity index (χ2n) is 7.55. The van der Waals surface area contributed by atoms with Crippen molar-refractivity contribution in [2.75, 3.05) is 33.0 Å². The summed E-state index contributed by atoms with van der Waals surface area (Å²) in [7, 11) is 0. The number of ether oxygens (including phenoxy) is 2. The van der Waals surface area contributed by atoms with Crippen molar-refractivity contribution < 1.29 is 14.3 Å². The van der Waals surface area contributed by atoms with Crippen LogP contribution >= 0.6 is 11.8 Å². The Hall–Kier alpha value is -3.03. The van der Waals surface area contributed by atoms with Crippen LogP contribution in [0.5, 0.6) is 11.5 Å². The number of rotatable bonds is 4. The summed E-state index contributed by atoms with van der Waals surface area (Å²) in [4.78, 5) is 21.9. The van der Waals surface area contributed by atoms with Crippen molar-refractivity contribution in [1.29, 1.82) is 0 Å². The Balaban J connectivity index is 1.14. The fourth-order valence-electron chi connectivity index (χ4n) is 3.75. The number of carbonyl (C=O) groups excluding carboxylic acids is 1. The van der Waals surface area contributed by atoms with E-state index in [9.17, 15) is 4.79 Å². The maximum Gasteiger partial charge on any atom is 0.286 e. The molecule has 158 valence electrons. The molecule has 0 radical (unpaired) electrons. The largest absolute Gasteiger partial charge is 0.454 e. The van der Waals surface area contributed by atoms with E-state index >= 15 is 0 Å². The van der Waals surface area contributed by atoms with Gasteiger partial charge in [-0.2, -0.15) is 4.99 Å². The molecule has 0 aromatic heterocycles. The minimum absolute atomic E-state index is 0.152. The lowest BCUT2D eigenvalue weighted by Crippen LogP contribution is -2.47. The van der Waals surface area contributed by atoms with Gasteiger partial charge in [0.05, 0.1) is 4.91 Å². The van der Waals surface area contributed by atoms with Gasteiger partial charge in [-0.25, -0.2) is 0 Å². The predicted octanol–water partition coefficient (Wildman–Crippen LogP) is 3.76. The number of aliphatic imine (C=N–C) groups is 1. The highest BCUT2D eigenvalue weighted by Crippen LogP contribution is 2.33. The molecule has 1 amide bonds. The molecule has 0 spiro atoms. The second kappa shape index (κ2) is 8.99. The SMILES string of the molecule is O=C1N=C(N2CCN(Cc3ccc4c(c3)OCO4)CC2)S/C1=C/C=C/c1ccccc1. The molecule has 6 nitrogen and oxygen atoms in total. The third-order valence-electron chi connectivity index (χ3n) is 5.43. The zero-order valence-corrected chi connectivity index (χ0v) is 17.9. The van der Waals surface area contributed by atoms with Gasteiger partial charge < -0.3 is 14.4 Å². The van der Waals surface area contributed by atoms with E-state index in [1.165, 1.54) is 17.3 Å². The average Bonchev–Trinajstić information content (AvgIpc) is 3.41. The van der Waals surface area contributed by atoms with E-state index in [0.29, 0.717) is 11.7 Å². The van der Waals surface area contributed by atoms with E-state index in [4.69, 9.17) is 9.47 Å². The zero-order chi connectivity index (χ0) is 21.0. The Labute approximate surface area is 185 Å². The van der Waals surface area contributed by atoms with Crippen LogP contribution in [0.4, 0.5) is 0 Å². The van der Waals surface area contributed by atoms with E-state index < -0.39 is 0 Å². The number of fused-ring (bicyclic) bond motifs is 1. The number of nitrogens with zero attached hydrogens (tertiary/aromatic N) is 3. The smallest absolute Gasteiger partial charge is 0.286 e. The molecule has 0 bridgehead atoms. The summed E-state index contributed by atoms with van der Waals surface area (Å²) in [5.74, 6) is 1.49. The molecule has 0 saturated carbocycles. The first-order valence-corrected chi connectivity index (χ1v) is 11.2. The first-order chi connectivity index (χ1) is 15.2. The molecule has 1 fully saturated rings. The van der Waals surface area contributed by atoms with Gasteiger partial charge in [0, 0.05) is 32.7 Å². The Bertz CT molecular complexity index is 1060. The zero-order valence-electron chi connectivity index (χ0n) is 17.1. The van der Waals surface area contributed by atoms with E-state index in [1.807, 2.05) is 54.6 Å². The Morgan fingerprint density at radius 3 is 2.65 bits per heavy atom. The fourth-order valence-corrected chi connectivity index (χ4v) is 4.67. The third kappa shape index (κ3) is 4.68. The van der Waals surface area contributed by atoms with Crippen LogP contribution in [0.2, 0.25) is 0 Å². The van der Waals surface area contributed by atoms with Crippen LogP contribution in [0.3, 0.4) is 0 Å². The van der Waals surface area contributed by atoms with Gasteiger partial charge in [0.25, 0.3) is 5.91 Å². The van der Waals surface area contributed by atoms with Crippen molar-refractivity contribution in [1.82, 2.24) is 9.80 Å². The number of benzene rings is 2. The standard InChI is InChI=1S/C24H23N3O3S/c28-23-22(8-4-7-18-5-2-1-3-6-18)31-24(25-23)27-13-11-26(12-14-27)16-19-9-10-20-21(15-19)30-17-29-20/h1-10,15H,11-14,16-17H2/b7-4+,22-8+. The minimum atomic E-state index is -0.152. The number of hydrogen-bond acceptors (Lipinski definition) is 6. The topological polar surface area (TPSA) is 54.4 Å². The number of amides is 1. The van der Waals surface area contributed by atoms with Gasteiger partial charge >= 0.3 is 0 Å². The number of allylic oxidation sites excluding steroid dienone is 2. The quantitative estimate of drug-likeness (QED) is 0.685. The molecule has 0 aliphatic carbocycles. The van der Waals surface area contributed by atoms with Gasteiger partial charge in [-0.15, -0.1) is 0 Å². The number of piperazine rings is 1. The summed E-state index contributed by atoms with van der Waals surface area (Å²) < 4.78 is 10.9. The van der Waals surface area contributed by atoms with Crippen LogP contribution in [0.25, 0.3) is 6.08 Å². The Morgan fingerprint density at radius 2 is 1.81 bits per heavy atom. The molecule has 2 aromatic carbocycles. The summed E-state index contributed by atoms with van der Waals surface area (Å²) in [6.07, 6.45) is 5.76. The van der Waals surface area contributed by atoms with Crippen molar-refractivity contribution in [3.63, 3.8) is 0 Å². The van der Waals surface area contributed by atoms with Crippen LogP contribution in [0, 0.1) is 0 Å². The molecular weight excluding hydrogens is 410 g/mol. The van der Waals surface area contributed by atoms with E-state index in [0.717, 1.165) is 55.0 Å². The summed E-state index contributed by atoms with van der Waals surface area (Å²) >= 11 is 1.47. The Kier molecular flexibility index (Phi) is 5.78. The summed E-state index contributed by atoms with van der Waals surface area (Å²) in [5, 5.41) is 0.812. The molecule has 3 aliphatic rings. The van der Waals surface area contributed by atoms with Crippen LogP contribution in [0.15, 0.2) is 70.6 Å². The van der Waals surface area contributed by atoms with Crippen molar-refractivity contribution in [2.45, 2.75) is 6.54 Å². The number of carbonyl (C=O) groups is 1. The van der Waals surface area contributed by atoms with Crippen molar-refractivity contribution >= 4 is 28.9 Å². The van der Waals surface area contributed by atoms with Crippen LogP contribution in [-0.4, -0.2) is 53.8 Å². The molecule has 31 heavy (non-hydrogen) atoms. The summed E-state index contributed by atoms with van der Waals surface area (Å²) in [6.45, 7) is 4.74. The predicted molar refractivity (Wildman–Crippen MR) is 123 cm³/mol. The average molecular weight is 434 g/mol. The van der Waals surface area contributed by atoms with Crippen molar-refractivity contribution in [3.05, 3.63) is 76.7 Å². The molecule has 0 atom stereocenters. The van der Waals surface area contributed by atoms with Crippen LogP contribution in [0.1, 0.15) is 11.1 Å². The monoisotopic (exact) mass is 433 g/mol. The van der Waals surface area contributed by atoms with Gasteiger partial charge in [0.15, 0.2) is 16.7 Å². The lowest BCUT2D eigenvalue weighted by Gasteiger charge is -2.35. The third-order valence-corrected chi connectivity index (χ3v) is 6.49. The molecule has 3 heterocycles. The van der Waals surface area contributed by atoms with Gasteiger partial charge in [0.1, 0.15) is 0 Å². The molecule has 0 unspecified atom stereocenters. The van der Waals surface area contributed by atoms with Crippen molar-refractivity contribution in [2.24, 2.45) is 4.99 Å². The van der Waals surface area contributed by atoms with E-state index in [2.05, 4.69) is 26.9 Å². The van der Waals surface area contributed by atoms with Gasteiger partial charge in [-0.1, -0.05) is 48.6 Å². The highest BCUT2D eigenvalue weighted by molar-refractivity contribution is 8.18. The van der Waals surface area contributed by atoms with Gasteiger partial charge in [-0.3, -0.25) is 9.69 Å². The number of amidine groups is 1. The molecule has 1 saturated heterocycles. The number of thioether (sulfide) groups is 1. The molecule has 7 heteroatoms. The van der Waals surface area contributed by atoms with Crippen molar-refractivity contribution in [3.8, 4) is 11.5 Å². The normalized spacial score (nSPS) is 20.1. The van der Waals surface area contributed by atoms with Gasteiger partial charge in [0.2, 0.25) is 6.79 Å².